The van der Waals surface area contributed by atoms with Crippen molar-refractivity contribution in [3.8, 4) is 0 Å². The van der Waals surface area contributed by atoms with Crippen LogP contribution >= 0.6 is 0 Å². The lowest BCUT2D eigenvalue weighted by Gasteiger charge is -2.22. The molecule has 4 heteroatoms. The molecule has 1 unspecified atom stereocenters. The molecule has 1 fully saturated rings. The minimum Gasteiger partial charge on any atom is -0.353 e. The van der Waals surface area contributed by atoms with Gasteiger partial charge in [0.05, 0.1) is 5.41 Å². The number of rotatable bonds is 2. The zero-order valence-electron chi connectivity index (χ0n) is 12.2. The van der Waals surface area contributed by atoms with Crippen molar-refractivity contribution < 1.29 is 4.79 Å². The summed E-state index contributed by atoms with van der Waals surface area (Å²) in [5.74, 6) is 0.165. The van der Waals surface area contributed by atoms with Gasteiger partial charge in [0.1, 0.15) is 0 Å². The average molecular weight is 281 g/mol. The molecule has 0 radical (unpaired) electrons. The summed E-state index contributed by atoms with van der Waals surface area (Å²) in [7, 11) is 2.07. The van der Waals surface area contributed by atoms with E-state index in [-0.39, 0.29) is 11.3 Å². The van der Waals surface area contributed by atoms with Gasteiger partial charge in [-0.25, -0.2) is 0 Å². The second-order valence-corrected chi connectivity index (χ2v) is 6.15. The van der Waals surface area contributed by atoms with Gasteiger partial charge in [0.2, 0.25) is 5.91 Å². The van der Waals surface area contributed by atoms with Crippen LogP contribution in [0.5, 0.6) is 0 Å². The van der Waals surface area contributed by atoms with E-state index in [4.69, 9.17) is 0 Å². The first-order chi connectivity index (χ1) is 10.2. The molecule has 0 aliphatic carbocycles. The lowest BCUT2D eigenvalue weighted by atomic mass is 9.81. The SMILES string of the molecule is Cn1cccc1CN1CCC2(C1)C(=O)Nc1ccccc12. The van der Waals surface area contributed by atoms with E-state index in [1.54, 1.807) is 0 Å². The van der Waals surface area contributed by atoms with E-state index < -0.39 is 0 Å². The van der Waals surface area contributed by atoms with Gasteiger partial charge in [0.25, 0.3) is 0 Å². The molecule has 0 bridgehead atoms. The maximum atomic E-state index is 12.5. The predicted molar refractivity (Wildman–Crippen MR) is 82.1 cm³/mol. The summed E-state index contributed by atoms with van der Waals surface area (Å²) in [6, 6.07) is 12.3. The maximum absolute atomic E-state index is 12.5. The standard InChI is InChI=1S/C17H19N3O/c1-19-9-4-5-13(19)11-20-10-8-17(12-20)14-6-2-3-7-15(14)18-16(17)21/h2-7,9H,8,10-12H2,1H3,(H,18,21). The zero-order valence-corrected chi connectivity index (χ0v) is 12.2. The number of benzene rings is 1. The fourth-order valence-electron chi connectivity index (χ4n) is 3.69. The number of hydrogen-bond acceptors (Lipinski definition) is 2. The van der Waals surface area contributed by atoms with Crippen molar-refractivity contribution >= 4 is 11.6 Å². The summed E-state index contributed by atoms with van der Waals surface area (Å²) in [5, 5.41) is 3.05. The molecule has 1 N–H and O–H groups in total. The Morgan fingerprint density at radius 1 is 1.24 bits per heavy atom. The quantitative estimate of drug-likeness (QED) is 0.915. The maximum Gasteiger partial charge on any atom is 0.236 e. The van der Waals surface area contributed by atoms with Crippen molar-refractivity contribution in [2.24, 2.45) is 7.05 Å². The van der Waals surface area contributed by atoms with Crippen LogP contribution in [0.3, 0.4) is 0 Å². The van der Waals surface area contributed by atoms with Gasteiger partial charge in [0, 0.05) is 44.3 Å². The Balaban J connectivity index is 1.61. The van der Waals surface area contributed by atoms with E-state index >= 15 is 0 Å². The lowest BCUT2D eigenvalue weighted by molar-refractivity contribution is -0.120. The van der Waals surface area contributed by atoms with Crippen molar-refractivity contribution in [2.75, 3.05) is 18.4 Å². The third kappa shape index (κ3) is 1.83. The van der Waals surface area contributed by atoms with Gasteiger partial charge in [-0.15, -0.1) is 0 Å². The Kier molecular flexibility index (Phi) is 2.69. The van der Waals surface area contributed by atoms with Crippen LogP contribution in [0.2, 0.25) is 0 Å². The molecule has 1 atom stereocenters. The average Bonchev–Trinajstić information content (AvgIpc) is 3.14. The van der Waals surface area contributed by atoms with Crippen LogP contribution < -0.4 is 5.32 Å². The van der Waals surface area contributed by atoms with Gasteiger partial charge in [-0.3, -0.25) is 9.69 Å². The van der Waals surface area contributed by atoms with Crippen LogP contribution in [0.15, 0.2) is 42.6 Å². The Bertz CT molecular complexity index is 706. The predicted octanol–water partition coefficient (Wildman–Crippen LogP) is 2.12. The number of para-hydroxylation sites is 1. The summed E-state index contributed by atoms with van der Waals surface area (Å²) < 4.78 is 2.15. The van der Waals surface area contributed by atoms with Crippen molar-refractivity contribution in [3.63, 3.8) is 0 Å². The molecule has 4 rings (SSSR count). The van der Waals surface area contributed by atoms with Gasteiger partial charge in [-0.2, -0.15) is 0 Å². The summed E-state index contributed by atoms with van der Waals surface area (Å²) in [6.45, 7) is 2.68. The van der Waals surface area contributed by atoms with Gasteiger partial charge in [-0.05, 0) is 30.2 Å². The minimum atomic E-state index is -0.345. The number of nitrogens with one attached hydrogen (secondary N) is 1. The summed E-state index contributed by atoms with van der Waals surface area (Å²) in [4.78, 5) is 14.9. The van der Waals surface area contributed by atoms with Crippen LogP contribution in [0.1, 0.15) is 17.7 Å². The highest BCUT2D eigenvalue weighted by atomic mass is 16.2. The third-order valence-electron chi connectivity index (χ3n) is 4.91. The van der Waals surface area contributed by atoms with Crippen LogP contribution in [0.4, 0.5) is 5.69 Å². The number of aryl methyl sites for hydroxylation is 1. The Morgan fingerprint density at radius 2 is 2.10 bits per heavy atom. The van der Waals surface area contributed by atoms with E-state index in [1.807, 2.05) is 18.2 Å². The highest BCUT2D eigenvalue weighted by Crippen LogP contribution is 2.44. The van der Waals surface area contributed by atoms with Gasteiger partial charge >= 0.3 is 0 Å². The highest BCUT2D eigenvalue weighted by Gasteiger charge is 2.50. The van der Waals surface area contributed by atoms with Crippen molar-refractivity contribution in [1.82, 2.24) is 9.47 Å². The van der Waals surface area contributed by atoms with E-state index in [0.717, 1.165) is 31.7 Å². The van der Waals surface area contributed by atoms with Gasteiger partial charge in [0.15, 0.2) is 0 Å². The highest BCUT2D eigenvalue weighted by molar-refractivity contribution is 6.06. The van der Waals surface area contributed by atoms with E-state index in [1.165, 1.54) is 11.3 Å². The first kappa shape index (κ1) is 12.7. The van der Waals surface area contributed by atoms with Crippen LogP contribution in [0.25, 0.3) is 0 Å². The van der Waals surface area contributed by atoms with E-state index in [9.17, 15) is 4.79 Å². The molecule has 2 aliphatic rings. The molecule has 4 nitrogen and oxygen atoms in total. The Hall–Kier alpha value is -2.07. The largest absolute Gasteiger partial charge is 0.353 e. The number of anilines is 1. The third-order valence-corrected chi connectivity index (χ3v) is 4.91. The summed E-state index contributed by atoms with van der Waals surface area (Å²) >= 11 is 0. The number of aromatic nitrogens is 1. The number of fused-ring (bicyclic) bond motifs is 2. The second-order valence-electron chi connectivity index (χ2n) is 6.15. The number of carbonyl (C=O) groups is 1. The first-order valence-electron chi connectivity index (χ1n) is 7.43. The van der Waals surface area contributed by atoms with E-state index in [0.29, 0.717) is 0 Å². The van der Waals surface area contributed by atoms with Crippen LogP contribution in [-0.4, -0.2) is 28.5 Å². The normalized spacial score (nSPS) is 24.5. The molecule has 1 aromatic carbocycles. The minimum absolute atomic E-state index is 0.165. The molecule has 1 saturated heterocycles. The molecular weight excluding hydrogens is 262 g/mol. The number of hydrogen-bond donors (Lipinski definition) is 1. The molecule has 1 aromatic heterocycles. The van der Waals surface area contributed by atoms with E-state index in [2.05, 4.69) is 46.2 Å². The Labute approximate surface area is 124 Å². The molecule has 3 heterocycles. The first-order valence-corrected chi connectivity index (χ1v) is 7.43. The van der Waals surface area contributed by atoms with Gasteiger partial charge in [-0.1, -0.05) is 18.2 Å². The van der Waals surface area contributed by atoms with Crippen molar-refractivity contribution in [3.05, 3.63) is 53.9 Å². The smallest absolute Gasteiger partial charge is 0.236 e. The number of carbonyl (C=O) groups excluding carboxylic acids is 1. The molecule has 21 heavy (non-hydrogen) atoms. The molecule has 1 amide bonds. The Morgan fingerprint density at radius 3 is 2.90 bits per heavy atom. The molecular formula is C17H19N3O. The number of amides is 1. The van der Waals surface area contributed by atoms with Gasteiger partial charge < -0.3 is 9.88 Å². The second kappa shape index (κ2) is 4.46. The molecule has 108 valence electrons. The number of likely N-dealkylation sites (tertiary alicyclic amines) is 1. The fraction of sp³-hybridized carbons (Fsp3) is 0.353. The number of nitrogens with zero attached hydrogens (tertiary/aromatic N) is 2. The van der Waals surface area contributed by atoms with Crippen molar-refractivity contribution in [1.29, 1.82) is 0 Å². The molecule has 2 aromatic rings. The van der Waals surface area contributed by atoms with Crippen LogP contribution in [0, 0.1) is 0 Å². The lowest BCUT2D eigenvalue weighted by Crippen LogP contribution is -2.37. The van der Waals surface area contributed by atoms with Crippen molar-refractivity contribution in [2.45, 2.75) is 18.4 Å². The summed E-state index contributed by atoms with van der Waals surface area (Å²) in [5.41, 5.74) is 3.10. The fourth-order valence-corrected chi connectivity index (χ4v) is 3.69. The van der Waals surface area contributed by atoms with Crippen LogP contribution in [-0.2, 0) is 23.8 Å². The topological polar surface area (TPSA) is 37.3 Å². The zero-order chi connectivity index (χ0) is 14.4. The molecule has 2 aliphatic heterocycles. The molecule has 1 spiro atoms. The summed E-state index contributed by atoms with van der Waals surface area (Å²) in [6.07, 6.45) is 2.97. The monoisotopic (exact) mass is 281 g/mol. The molecule has 0 saturated carbocycles.